The molecule has 0 saturated carbocycles. The monoisotopic (exact) mass is 482 g/mol. The van der Waals surface area contributed by atoms with Gasteiger partial charge in [-0.2, -0.15) is 10.2 Å². The lowest BCUT2D eigenvalue weighted by atomic mass is 10.1. The molecule has 0 fully saturated rings. The molecule has 8 heteroatoms. The van der Waals surface area contributed by atoms with Crippen molar-refractivity contribution in [3.63, 3.8) is 0 Å². The number of fused-ring (bicyclic) bond motifs is 2. The largest absolute Gasteiger partial charge is 0.507 e. The number of unbranched alkanes of at least 4 members (excludes halogenated alkanes) is 1. The van der Waals surface area contributed by atoms with Gasteiger partial charge in [-0.05, 0) is 35.7 Å². The zero-order chi connectivity index (χ0) is 25.3. The number of phenolic OH excluding ortho intramolecular Hbond substituents is 2. The van der Waals surface area contributed by atoms with Crippen LogP contribution < -0.4 is 10.9 Å². The standard InChI is InChI=1S/C28H26N4O4/c33-25(31-29-17-21-15-13-19-7-1-3-9-23(19)27(21)35)11-5-6-12-26(34)32-30-18-22-16-14-20-8-2-4-10-24(20)28(22)36/h1-4,7-10,13-18,35-36H,5-6,11-12H2,(H,31,33)(H,32,34). The Labute approximate surface area is 208 Å². The van der Waals surface area contributed by atoms with E-state index in [1.165, 1.54) is 12.4 Å². The fourth-order valence-electron chi connectivity index (χ4n) is 3.78. The molecule has 8 nitrogen and oxygen atoms in total. The number of amides is 2. The van der Waals surface area contributed by atoms with Crippen molar-refractivity contribution < 1.29 is 19.8 Å². The molecule has 0 aromatic heterocycles. The van der Waals surface area contributed by atoms with Gasteiger partial charge in [0, 0.05) is 34.7 Å². The van der Waals surface area contributed by atoms with E-state index in [1.807, 2.05) is 60.7 Å². The number of carbonyl (C=O) groups is 2. The number of rotatable bonds is 9. The van der Waals surface area contributed by atoms with Gasteiger partial charge in [-0.1, -0.05) is 60.7 Å². The Hall–Kier alpha value is -4.72. The molecule has 36 heavy (non-hydrogen) atoms. The second kappa shape index (κ2) is 11.6. The van der Waals surface area contributed by atoms with E-state index >= 15 is 0 Å². The molecule has 4 aromatic rings. The van der Waals surface area contributed by atoms with Crippen LogP contribution in [0.1, 0.15) is 36.8 Å². The molecule has 182 valence electrons. The van der Waals surface area contributed by atoms with Crippen LogP contribution in [0.2, 0.25) is 0 Å². The predicted molar refractivity (Wildman–Crippen MR) is 141 cm³/mol. The summed E-state index contributed by atoms with van der Waals surface area (Å²) in [5.74, 6) is -0.348. The summed E-state index contributed by atoms with van der Waals surface area (Å²) in [6.45, 7) is 0. The molecule has 4 aromatic carbocycles. The van der Waals surface area contributed by atoms with Gasteiger partial charge in [-0.25, -0.2) is 10.9 Å². The minimum absolute atomic E-state index is 0.107. The number of aromatic hydroxyl groups is 2. The first-order valence-corrected chi connectivity index (χ1v) is 11.6. The molecular formula is C28H26N4O4. The molecule has 4 N–H and O–H groups in total. The van der Waals surface area contributed by atoms with E-state index in [1.54, 1.807) is 12.1 Å². The maximum Gasteiger partial charge on any atom is 0.240 e. The van der Waals surface area contributed by atoms with Gasteiger partial charge < -0.3 is 10.2 Å². The van der Waals surface area contributed by atoms with E-state index in [0.717, 1.165) is 10.8 Å². The number of nitrogens with zero attached hydrogens (tertiary/aromatic N) is 2. The minimum Gasteiger partial charge on any atom is -0.507 e. The molecule has 0 aliphatic rings. The normalized spacial score (nSPS) is 11.4. The third-order valence-corrected chi connectivity index (χ3v) is 5.71. The lowest BCUT2D eigenvalue weighted by Gasteiger charge is -2.05. The molecule has 0 radical (unpaired) electrons. The molecular weight excluding hydrogens is 456 g/mol. The average molecular weight is 483 g/mol. The molecule has 0 unspecified atom stereocenters. The first-order chi connectivity index (χ1) is 17.5. The lowest BCUT2D eigenvalue weighted by Crippen LogP contribution is -2.19. The summed E-state index contributed by atoms with van der Waals surface area (Å²) in [5.41, 5.74) is 5.88. The van der Waals surface area contributed by atoms with Crippen LogP contribution in [0.3, 0.4) is 0 Å². The van der Waals surface area contributed by atoms with Crippen molar-refractivity contribution in [1.82, 2.24) is 10.9 Å². The highest BCUT2D eigenvalue weighted by atomic mass is 16.3. The van der Waals surface area contributed by atoms with Crippen molar-refractivity contribution in [2.24, 2.45) is 10.2 Å². The van der Waals surface area contributed by atoms with Crippen LogP contribution >= 0.6 is 0 Å². The maximum absolute atomic E-state index is 12.0. The summed E-state index contributed by atoms with van der Waals surface area (Å²) in [6.07, 6.45) is 4.23. The van der Waals surface area contributed by atoms with E-state index in [4.69, 9.17) is 0 Å². The van der Waals surface area contributed by atoms with Crippen molar-refractivity contribution in [2.75, 3.05) is 0 Å². The molecule has 0 atom stereocenters. The second-order valence-corrected chi connectivity index (χ2v) is 8.24. The summed E-state index contributed by atoms with van der Waals surface area (Å²) in [5, 5.41) is 31.8. The summed E-state index contributed by atoms with van der Waals surface area (Å²) in [4.78, 5) is 24.0. The number of hydrogen-bond donors (Lipinski definition) is 4. The Bertz CT molecular complexity index is 1350. The van der Waals surface area contributed by atoms with Gasteiger partial charge in [-0.15, -0.1) is 0 Å². The fourth-order valence-corrected chi connectivity index (χ4v) is 3.78. The number of benzene rings is 4. The Balaban J connectivity index is 1.17. The van der Waals surface area contributed by atoms with Crippen LogP contribution in [0.5, 0.6) is 11.5 Å². The van der Waals surface area contributed by atoms with Crippen molar-refractivity contribution in [2.45, 2.75) is 25.7 Å². The minimum atomic E-state index is -0.281. The quantitative estimate of drug-likeness (QED) is 0.159. The Kier molecular flexibility index (Phi) is 7.87. The van der Waals surface area contributed by atoms with Crippen molar-refractivity contribution in [3.8, 4) is 11.5 Å². The molecule has 0 aliphatic heterocycles. The summed E-state index contributed by atoms with van der Waals surface area (Å²) in [7, 11) is 0. The van der Waals surface area contributed by atoms with Gasteiger partial charge in [0.2, 0.25) is 11.8 Å². The Morgan fingerprint density at radius 3 is 1.50 bits per heavy atom. The number of hydrazone groups is 2. The van der Waals surface area contributed by atoms with Crippen LogP contribution in [0.15, 0.2) is 83.0 Å². The average Bonchev–Trinajstić information content (AvgIpc) is 2.89. The zero-order valence-electron chi connectivity index (χ0n) is 19.5. The van der Waals surface area contributed by atoms with Gasteiger partial charge in [0.1, 0.15) is 11.5 Å². The molecule has 4 rings (SSSR count). The maximum atomic E-state index is 12.0. The van der Waals surface area contributed by atoms with Crippen LogP contribution in [-0.4, -0.2) is 34.5 Å². The highest BCUT2D eigenvalue weighted by Crippen LogP contribution is 2.28. The Morgan fingerprint density at radius 2 is 1.06 bits per heavy atom. The van der Waals surface area contributed by atoms with Gasteiger partial charge in [-0.3, -0.25) is 9.59 Å². The van der Waals surface area contributed by atoms with Crippen LogP contribution in [0, 0.1) is 0 Å². The lowest BCUT2D eigenvalue weighted by molar-refractivity contribution is -0.123. The predicted octanol–water partition coefficient (Wildman–Crippen LogP) is 4.57. The summed E-state index contributed by atoms with van der Waals surface area (Å²) < 4.78 is 0. The van der Waals surface area contributed by atoms with Crippen molar-refractivity contribution in [1.29, 1.82) is 0 Å². The van der Waals surface area contributed by atoms with Crippen molar-refractivity contribution >= 4 is 45.8 Å². The number of carbonyl (C=O) groups excluding carboxylic acids is 2. The van der Waals surface area contributed by atoms with Crippen LogP contribution in [0.25, 0.3) is 21.5 Å². The molecule has 0 aliphatic carbocycles. The molecule has 0 bridgehead atoms. The third-order valence-electron chi connectivity index (χ3n) is 5.71. The van der Waals surface area contributed by atoms with E-state index in [-0.39, 0.29) is 36.2 Å². The van der Waals surface area contributed by atoms with Gasteiger partial charge in [0.05, 0.1) is 12.4 Å². The third kappa shape index (κ3) is 6.04. The topological polar surface area (TPSA) is 123 Å². The number of phenols is 2. The van der Waals surface area contributed by atoms with Crippen molar-refractivity contribution in [3.05, 3.63) is 83.9 Å². The number of nitrogens with one attached hydrogen (secondary N) is 2. The second-order valence-electron chi connectivity index (χ2n) is 8.24. The summed E-state index contributed by atoms with van der Waals surface area (Å²) >= 11 is 0. The van der Waals surface area contributed by atoms with E-state index in [9.17, 15) is 19.8 Å². The first kappa shape index (κ1) is 24.4. The zero-order valence-corrected chi connectivity index (χ0v) is 19.5. The smallest absolute Gasteiger partial charge is 0.240 e. The van der Waals surface area contributed by atoms with Gasteiger partial charge in [0.15, 0.2) is 0 Å². The molecule has 0 spiro atoms. The molecule has 2 amide bonds. The van der Waals surface area contributed by atoms with Crippen LogP contribution in [-0.2, 0) is 9.59 Å². The highest BCUT2D eigenvalue weighted by Gasteiger charge is 2.07. The van der Waals surface area contributed by atoms with E-state index in [0.29, 0.717) is 34.7 Å². The van der Waals surface area contributed by atoms with E-state index in [2.05, 4.69) is 21.1 Å². The summed E-state index contributed by atoms with van der Waals surface area (Å²) in [6, 6.07) is 22.1. The van der Waals surface area contributed by atoms with Gasteiger partial charge in [0.25, 0.3) is 0 Å². The first-order valence-electron chi connectivity index (χ1n) is 11.6. The molecule has 0 heterocycles. The molecule has 0 saturated heterocycles. The highest BCUT2D eigenvalue weighted by molar-refractivity contribution is 5.98. The fraction of sp³-hybridized carbons (Fsp3) is 0.143. The SMILES string of the molecule is O=C(CCCCC(=O)NN=Cc1ccc2ccccc2c1O)NN=Cc1ccc2ccccc2c1O. The van der Waals surface area contributed by atoms with Crippen LogP contribution in [0.4, 0.5) is 0 Å². The van der Waals surface area contributed by atoms with Gasteiger partial charge >= 0.3 is 0 Å². The van der Waals surface area contributed by atoms with E-state index < -0.39 is 0 Å². The Morgan fingerprint density at radius 1 is 0.639 bits per heavy atom. The number of hydrogen-bond acceptors (Lipinski definition) is 6.